The van der Waals surface area contributed by atoms with Crippen molar-refractivity contribution in [1.29, 1.82) is 5.41 Å². The molecular weight excluding hydrogens is 462 g/mol. The van der Waals surface area contributed by atoms with E-state index in [0.717, 1.165) is 22.6 Å². The number of methoxy groups -OCH3 is 1. The first-order valence-electron chi connectivity index (χ1n) is 9.94. The molecule has 0 saturated heterocycles. The minimum atomic E-state index is -0.480. The van der Waals surface area contributed by atoms with Crippen molar-refractivity contribution in [3.8, 4) is 11.4 Å². The highest BCUT2D eigenvalue weighted by atomic mass is 35.5. The van der Waals surface area contributed by atoms with Crippen LogP contribution in [-0.4, -0.2) is 38.6 Å². The fraction of sp³-hybridized carbons (Fsp3) is 0.130. The van der Waals surface area contributed by atoms with Gasteiger partial charge in [-0.2, -0.15) is 15.1 Å². The molecule has 8 nitrogen and oxygen atoms in total. The average molecular weight is 480 g/mol. The van der Waals surface area contributed by atoms with E-state index in [0.29, 0.717) is 26.7 Å². The number of fused-ring (bicyclic) bond motifs is 1. The Morgan fingerprint density at radius 3 is 2.76 bits per heavy atom. The molecule has 0 saturated carbocycles. The Labute approximate surface area is 198 Å². The van der Waals surface area contributed by atoms with Crippen molar-refractivity contribution in [2.24, 2.45) is 10.1 Å². The molecule has 0 atom stereocenters. The van der Waals surface area contributed by atoms with Crippen LogP contribution in [0.15, 0.2) is 62.7 Å². The Morgan fingerprint density at radius 2 is 2.06 bits per heavy atom. The summed E-state index contributed by atoms with van der Waals surface area (Å²) in [6.45, 7) is 3.91. The zero-order valence-corrected chi connectivity index (χ0v) is 19.5. The molecule has 0 aliphatic carbocycles. The molecule has 1 N–H and O–H groups in total. The Kier molecular flexibility index (Phi) is 5.22. The molecule has 1 amide bonds. The number of halogens is 1. The molecule has 0 spiro atoms. The Morgan fingerprint density at radius 1 is 1.24 bits per heavy atom. The number of amidine groups is 2. The van der Waals surface area contributed by atoms with Gasteiger partial charge in [-0.1, -0.05) is 11.6 Å². The summed E-state index contributed by atoms with van der Waals surface area (Å²) in [5.41, 5.74) is 3.68. The molecule has 0 fully saturated rings. The van der Waals surface area contributed by atoms with Gasteiger partial charge in [-0.15, -0.1) is 0 Å². The number of hydrazone groups is 1. The summed E-state index contributed by atoms with van der Waals surface area (Å²) >= 11 is 7.52. The number of furan rings is 1. The zero-order chi connectivity index (χ0) is 23.3. The van der Waals surface area contributed by atoms with Gasteiger partial charge in [0.05, 0.1) is 24.0 Å². The average Bonchev–Trinajstić information content (AvgIpc) is 3.51. The number of hydrogen-bond acceptors (Lipinski definition) is 6. The van der Waals surface area contributed by atoms with Crippen LogP contribution in [0.25, 0.3) is 11.8 Å². The minimum Gasteiger partial charge on any atom is -0.495 e. The predicted molar refractivity (Wildman–Crippen MR) is 130 cm³/mol. The Hall–Kier alpha value is -3.56. The van der Waals surface area contributed by atoms with Crippen molar-refractivity contribution in [2.75, 3.05) is 7.11 Å². The van der Waals surface area contributed by atoms with Crippen molar-refractivity contribution in [3.05, 3.63) is 76.0 Å². The second-order valence-electron chi connectivity index (χ2n) is 7.38. The summed E-state index contributed by atoms with van der Waals surface area (Å²) in [4.78, 5) is 16.9. The van der Waals surface area contributed by atoms with Gasteiger partial charge in [-0.3, -0.25) is 10.2 Å². The maximum atomic E-state index is 12.8. The lowest BCUT2D eigenvalue weighted by molar-refractivity contribution is -0.114. The molecule has 33 heavy (non-hydrogen) atoms. The van der Waals surface area contributed by atoms with E-state index in [4.69, 9.17) is 26.2 Å². The quantitative estimate of drug-likeness (QED) is 0.530. The van der Waals surface area contributed by atoms with E-state index in [-0.39, 0.29) is 11.4 Å². The van der Waals surface area contributed by atoms with Crippen LogP contribution >= 0.6 is 23.4 Å². The van der Waals surface area contributed by atoms with Gasteiger partial charge in [-0.05, 0) is 73.6 Å². The van der Waals surface area contributed by atoms with Crippen molar-refractivity contribution in [1.82, 2.24) is 9.58 Å². The summed E-state index contributed by atoms with van der Waals surface area (Å²) in [6, 6.07) is 11.0. The van der Waals surface area contributed by atoms with E-state index in [1.165, 1.54) is 16.8 Å². The van der Waals surface area contributed by atoms with Gasteiger partial charge in [0, 0.05) is 17.1 Å². The number of carbonyl (C=O) groups is 1. The SMILES string of the molecule is COc1ccc(-n2c(C)cc(C=C3C(=N)N4N=C(c5ccco5)SC4=NC3=O)c2C)cc1Cl. The molecule has 1 aromatic carbocycles. The van der Waals surface area contributed by atoms with Crippen molar-refractivity contribution in [2.45, 2.75) is 13.8 Å². The molecule has 4 heterocycles. The molecule has 2 aromatic heterocycles. The van der Waals surface area contributed by atoms with E-state index in [2.05, 4.69) is 10.1 Å². The standard InChI is InChI=1S/C23H18ClN5O3S/c1-12-9-14(13(2)28(12)15-6-7-18(31-3)17(24)11-15)10-16-20(25)29-23(26-21(16)30)33-22(27-29)19-5-4-8-32-19/h4-11,25H,1-3H3. The van der Waals surface area contributed by atoms with Crippen LogP contribution in [-0.2, 0) is 4.79 Å². The lowest BCUT2D eigenvalue weighted by Gasteiger charge is -2.20. The lowest BCUT2D eigenvalue weighted by atomic mass is 10.1. The monoisotopic (exact) mass is 479 g/mol. The van der Waals surface area contributed by atoms with Crippen molar-refractivity contribution in [3.63, 3.8) is 0 Å². The fourth-order valence-corrected chi connectivity index (χ4v) is 4.88. The first kappa shape index (κ1) is 21.3. The van der Waals surface area contributed by atoms with E-state index in [1.54, 1.807) is 31.6 Å². The first-order chi connectivity index (χ1) is 15.9. The summed E-state index contributed by atoms with van der Waals surface area (Å²) in [5.74, 6) is 0.644. The largest absolute Gasteiger partial charge is 0.495 e. The number of aromatic nitrogens is 1. The Balaban J connectivity index is 1.51. The molecule has 166 valence electrons. The smallest absolute Gasteiger partial charge is 0.283 e. The number of rotatable bonds is 4. The zero-order valence-electron chi connectivity index (χ0n) is 17.9. The molecular formula is C23H18ClN5O3S. The summed E-state index contributed by atoms with van der Waals surface area (Å²) in [6.07, 6.45) is 3.23. The third-order valence-corrected chi connectivity index (χ3v) is 6.57. The number of aryl methyl sites for hydroxylation is 1. The Bertz CT molecular complexity index is 1400. The number of ether oxygens (including phenoxy) is 1. The van der Waals surface area contributed by atoms with Crippen LogP contribution in [0, 0.1) is 19.3 Å². The van der Waals surface area contributed by atoms with Gasteiger partial charge >= 0.3 is 0 Å². The topological polar surface area (TPSA) is 96.2 Å². The molecule has 0 bridgehead atoms. The number of thioether (sulfide) groups is 1. The van der Waals surface area contributed by atoms with Gasteiger partial charge < -0.3 is 13.7 Å². The number of nitrogens with one attached hydrogen (secondary N) is 1. The van der Waals surface area contributed by atoms with Crippen LogP contribution in [0.5, 0.6) is 5.75 Å². The van der Waals surface area contributed by atoms with Gasteiger partial charge in [0.15, 0.2) is 16.6 Å². The molecule has 2 aliphatic rings. The number of carbonyl (C=O) groups excluding carboxylic acids is 1. The second kappa shape index (κ2) is 8.09. The van der Waals surface area contributed by atoms with E-state index in [9.17, 15) is 4.79 Å². The molecule has 10 heteroatoms. The van der Waals surface area contributed by atoms with Gasteiger partial charge in [0.25, 0.3) is 5.91 Å². The first-order valence-corrected chi connectivity index (χ1v) is 11.1. The predicted octanol–water partition coefficient (Wildman–Crippen LogP) is 5.02. The number of aliphatic imine (C=N–C) groups is 1. The maximum Gasteiger partial charge on any atom is 0.283 e. The highest BCUT2D eigenvalue weighted by Crippen LogP contribution is 2.33. The number of amides is 1. The lowest BCUT2D eigenvalue weighted by Crippen LogP contribution is -2.35. The molecule has 3 aromatic rings. The third kappa shape index (κ3) is 3.59. The number of nitrogens with zero attached hydrogens (tertiary/aromatic N) is 4. The van der Waals surface area contributed by atoms with Gasteiger partial charge in [0.1, 0.15) is 5.75 Å². The van der Waals surface area contributed by atoms with E-state index in [1.807, 2.05) is 42.7 Å². The van der Waals surface area contributed by atoms with Crippen LogP contribution < -0.4 is 4.74 Å². The second-order valence-corrected chi connectivity index (χ2v) is 8.75. The maximum absolute atomic E-state index is 12.8. The normalized spacial score (nSPS) is 16.8. The van der Waals surface area contributed by atoms with Gasteiger partial charge in [0.2, 0.25) is 5.17 Å². The summed E-state index contributed by atoms with van der Waals surface area (Å²) in [5, 5.41) is 15.8. The van der Waals surface area contributed by atoms with Crippen LogP contribution in [0.2, 0.25) is 5.02 Å². The number of benzene rings is 1. The van der Waals surface area contributed by atoms with E-state index < -0.39 is 5.91 Å². The van der Waals surface area contributed by atoms with Crippen LogP contribution in [0.1, 0.15) is 22.7 Å². The summed E-state index contributed by atoms with van der Waals surface area (Å²) in [7, 11) is 1.57. The molecule has 2 aliphatic heterocycles. The van der Waals surface area contributed by atoms with Crippen molar-refractivity contribution < 1.29 is 13.9 Å². The van der Waals surface area contributed by atoms with E-state index >= 15 is 0 Å². The molecule has 0 radical (unpaired) electrons. The highest BCUT2D eigenvalue weighted by molar-refractivity contribution is 8.27. The van der Waals surface area contributed by atoms with Crippen molar-refractivity contribution >= 4 is 51.4 Å². The number of hydrogen-bond donors (Lipinski definition) is 1. The van der Waals surface area contributed by atoms with Gasteiger partial charge in [-0.25, -0.2) is 0 Å². The van der Waals surface area contributed by atoms with Crippen LogP contribution in [0.3, 0.4) is 0 Å². The molecule has 0 unspecified atom stereocenters. The summed E-state index contributed by atoms with van der Waals surface area (Å²) < 4.78 is 12.7. The minimum absolute atomic E-state index is 0.0312. The van der Waals surface area contributed by atoms with Crippen LogP contribution in [0.4, 0.5) is 0 Å². The molecule has 5 rings (SSSR count). The fourth-order valence-electron chi connectivity index (χ4n) is 3.77. The highest BCUT2D eigenvalue weighted by Gasteiger charge is 2.36. The third-order valence-electron chi connectivity index (χ3n) is 5.35.